The number of nitrogens with zero attached hydrogens (tertiary/aromatic N) is 4. The number of benzene rings is 1. The Morgan fingerprint density at radius 3 is 2.37 bits per heavy atom. The second-order valence-electron chi connectivity index (χ2n) is 8.03. The van der Waals surface area contributed by atoms with Crippen LogP contribution in [0.4, 0.5) is 40.0 Å². The zero-order chi connectivity index (χ0) is 27.7. The van der Waals surface area contributed by atoms with Crippen LogP contribution in [0, 0.1) is 0 Å². The van der Waals surface area contributed by atoms with Crippen molar-refractivity contribution in [2.45, 2.75) is 29.9 Å². The molecule has 0 bridgehead atoms. The minimum atomic E-state index is -5.59. The van der Waals surface area contributed by atoms with Crippen LogP contribution in [0.5, 0.6) is 0 Å². The van der Waals surface area contributed by atoms with Gasteiger partial charge in [0, 0.05) is 12.4 Å². The van der Waals surface area contributed by atoms with E-state index in [-0.39, 0.29) is 17.9 Å². The molecule has 38 heavy (non-hydrogen) atoms. The van der Waals surface area contributed by atoms with Crippen LogP contribution in [-0.4, -0.2) is 52.8 Å². The van der Waals surface area contributed by atoms with Crippen LogP contribution in [0.2, 0.25) is 0 Å². The molecule has 1 aliphatic rings. The first-order valence-corrected chi connectivity index (χ1v) is 12.4. The molecule has 1 fully saturated rings. The maximum Gasteiger partial charge on any atom is 0.501 e. The SMILES string of the molecule is CC1C(=O)N(c2ccc(S(=O)(=O)C(F)(F)F)cc2)C(=O)N1Cc1ccncc1NC(=O)Nc1ccccn1. The zero-order valence-corrected chi connectivity index (χ0v) is 20.3. The number of hydrogen-bond acceptors (Lipinski definition) is 7. The molecular weight excluding hydrogens is 529 g/mol. The van der Waals surface area contributed by atoms with E-state index in [4.69, 9.17) is 0 Å². The number of rotatable bonds is 6. The Bertz CT molecular complexity index is 1480. The van der Waals surface area contributed by atoms with Crippen LogP contribution in [0.15, 0.2) is 72.0 Å². The zero-order valence-electron chi connectivity index (χ0n) is 19.5. The molecule has 0 saturated carbocycles. The molecular formula is C23H19F3N6O5S. The standard InChI is InChI=1S/C23H19F3N6O5S/c1-14-20(33)32(16-5-7-17(8-6-16)38(36,37)23(24,25)26)22(35)31(14)13-15-9-11-27-12-18(15)29-21(34)30-19-4-2-3-10-28-19/h2-12,14H,13H2,1H3,(H2,28,29,30,34). The van der Waals surface area contributed by atoms with Crippen molar-refractivity contribution in [1.29, 1.82) is 0 Å². The maximum absolute atomic E-state index is 13.2. The summed E-state index contributed by atoms with van der Waals surface area (Å²) < 4.78 is 61.7. The molecule has 15 heteroatoms. The van der Waals surface area contributed by atoms with Gasteiger partial charge in [-0.15, -0.1) is 0 Å². The smallest absolute Gasteiger partial charge is 0.308 e. The number of nitrogens with one attached hydrogen (secondary N) is 2. The minimum absolute atomic E-state index is 0.0988. The number of pyridine rings is 2. The Morgan fingerprint density at radius 1 is 1.03 bits per heavy atom. The van der Waals surface area contributed by atoms with Crippen molar-refractivity contribution in [3.8, 4) is 0 Å². The fourth-order valence-electron chi connectivity index (χ4n) is 3.62. The van der Waals surface area contributed by atoms with Crippen molar-refractivity contribution in [1.82, 2.24) is 14.9 Å². The fraction of sp³-hybridized carbons (Fsp3) is 0.174. The van der Waals surface area contributed by atoms with Gasteiger partial charge in [-0.05, 0) is 55.0 Å². The number of aromatic nitrogens is 2. The van der Waals surface area contributed by atoms with E-state index in [0.29, 0.717) is 23.5 Å². The van der Waals surface area contributed by atoms with E-state index in [2.05, 4.69) is 20.6 Å². The van der Waals surface area contributed by atoms with E-state index in [9.17, 15) is 36.0 Å². The normalized spacial score (nSPS) is 16.1. The van der Waals surface area contributed by atoms with Gasteiger partial charge in [0.1, 0.15) is 11.9 Å². The Labute approximate surface area is 214 Å². The van der Waals surface area contributed by atoms with Crippen molar-refractivity contribution in [3.63, 3.8) is 0 Å². The monoisotopic (exact) mass is 548 g/mol. The Morgan fingerprint density at radius 2 is 1.74 bits per heavy atom. The summed E-state index contributed by atoms with van der Waals surface area (Å²) in [4.78, 5) is 47.3. The molecule has 0 spiro atoms. The Kier molecular flexibility index (Phi) is 7.04. The lowest BCUT2D eigenvalue weighted by Crippen LogP contribution is -2.34. The van der Waals surface area contributed by atoms with Crippen LogP contribution < -0.4 is 15.5 Å². The van der Waals surface area contributed by atoms with Crippen molar-refractivity contribution in [3.05, 3.63) is 72.7 Å². The summed E-state index contributed by atoms with van der Waals surface area (Å²) >= 11 is 0. The predicted octanol–water partition coefficient (Wildman–Crippen LogP) is 3.77. The van der Waals surface area contributed by atoms with Gasteiger partial charge in [-0.2, -0.15) is 13.2 Å². The lowest BCUT2D eigenvalue weighted by atomic mass is 10.2. The average molecular weight is 549 g/mol. The fourth-order valence-corrected chi connectivity index (χ4v) is 4.38. The van der Waals surface area contributed by atoms with Crippen molar-refractivity contribution in [2.24, 2.45) is 0 Å². The molecule has 1 aliphatic heterocycles. The Hall–Kier alpha value is -4.53. The third-order valence-electron chi connectivity index (χ3n) is 5.60. The van der Waals surface area contributed by atoms with Gasteiger partial charge in [-0.3, -0.25) is 15.1 Å². The van der Waals surface area contributed by atoms with E-state index in [0.717, 1.165) is 17.0 Å². The highest BCUT2D eigenvalue weighted by molar-refractivity contribution is 7.92. The summed E-state index contributed by atoms with van der Waals surface area (Å²) in [6.45, 7) is 1.34. The van der Waals surface area contributed by atoms with Gasteiger partial charge >= 0.3 is 17.6 Å². The molecule has 1 unspecified atom stereocenters. The van der Waals surface area contributed by atoms with Crippen LogP contribution in [0.1, 0.15) is 12.5 Å². The molecule has 198 valence electrons. The highest BCUT2D eigenvalue weighted by atomic mass is 32.2. The minimum Gasteiger partial charge on any atom is -0.308 e. The second kappa shape index (κ2) is 10.1. The summed E-state index contributed by atoms with van der Waals surface area (Å²) in [5.41, 5.74) is -4.89. The largest absolute Gasteiger partial charge is 0.501 e. The molecule has 1 saturated heterocycles. The molecule has 0 aliphatic carbocycles. The number of imide groups is 1. The van der Waals surface area contributed by atoms with Gasteiger partial charge in [0.25, 0.3) is 15.7 Å². The van der Waals surface area contributed by atoms with E-state index in [1.807, 2.05) is 0 Å². The average Bonchev–Trinajstić information content (AvgIpc) is 3.08. The molecule has 3 heterocycles. The number of hydrogen-bond donors (Lipinski definition) is 2. The van der Waals surface area contributed by atoms with Crippen LogP contribution in [0.25, 0.3) is 0 Å². The van der Waals surface area contributed by atoms with Gasteiger partial charge in [0.05, 0.1) is 29.0 Å². The molecule has 4 rings (SSSR count). The molecule has 2 N–H and O–H groups in total. The van der Waals surface area contributed by atoms with Gasteiger partial charge < -0.3 is 10.2 Å². The summed E-state index contributed by atoms with van der Waals surface area (Å²) in [6.07, 6.45) is 4.29. The molecule has 0 radical (unpaired) electrons. The van der Waals surface area contributed by atoms with Gasteiger partial charge in [0.2, 0.25) is 0 Å². The molecule has 11 nitrogen and oxygen atoms in total. The van der Waals surface area contributed by atoms with Gasteiger partial charge in [-0.25, -0.2) is 27.9 Å². The topological polar surface area (TPSA) is 142 Å². The molecule has 3 aromatic rings. The highest BCUT2D eigenvalue weighted by Gasteiger charge is 2.47. The van der Waals surface area contributed by atoms with Gasteiger partial charge in [-0.1, -0.05) is 6.07 Å². The number of carbonyl (C=O) groups is 3. The molecule has 1 aromatic carbocycles. The highest BCUT2D eigenvalue weighted by Crippen LogP contribution is 2.33. The molecule has 5 amide bonds. The van der Waals surface area contributed by atoms with Crippen molar-refractivity contribution < 1.29 is 36.0 Å². The summed E-state index contributed by atoms with van der Waals surface area (Å²) in [5.74, 6) is -0.369. The number of sulfone groups is 1. The second-order valence-corrected chi connectivity index (χ2v) is 9.97. The van der Waals surface area contributed by atoms with E-state index in [1.165, 1.54) is 30.4 Å². The van der Waals surface area contributed by atoms with Crippen molar-refractivity contribution >= 4 is 45.0 Å². The predicted molar refractivity (Wildman–Crippen MR) is 129 cm³/mol. The summed E-state index contributed by atoms with van der Waals surface area (Å²) in [5, 5.41) is 5.16. The summed E-state index contributed by atoms with van der Waals surface area (Å²) in [6, 6.07) is 7.38. The summed E-state index contributed by atoms with van der Waals surface area (Å²) in [7, 11) is -5.59. The lowest BCUT2D eigenvalue weighted by Gasteiger charge is -2.21. The van der Waals surface area contributed by atoms with Crippen LogP contribution in [-0.2, 0) is 21.2 Å². The third-order valence-corrected chi connectivity index (χ3v) is 7.10. The van der Waals surface area contributed by atoms with E-state index < -0.39 is 44.3 Å². The Balaban J connectivity index is 1.52. The van der Waals surface area contributed by atoms with E-state index >= 15 is 0 Å². The first kappa shape index (κ1) is 26.5. The molecule has 1 atom stereocenters. The van der Waals surface area contributed by atoms with Gasteiger partial charge in [0.15, 0.2) is 0 Å². The number of alkyl halides is 3. The third kappa shape index (κ3) is 5.13. The first-order valence-electron chi connectivity index (χ1n) is 10.9. The maximum atomic E-state index is 13.2. The van der Waals surface area contributed by atoms with Crippen molar-refractivity contribution in [2.75, 3.05) is 15.5 Å². The quantitative estimate of drug-likeness (QED) is 0.447. The number of anilines is 3. The number of amides is 5. The van der Waals surface area contributed by atoms with Crippen LogP contribution >= 0.6 is 0 Å². The van der Waals surface area contributed by atoms with E-state index in [1.54, 1.807) is 24.3 Å². The number of carbonyl (C=O) groups excluding carboxylic acids is 3. The first-order chi connectivity index (χ1) is 17.9. The number of halogens is 3. The van der Waals surface area contributed by atoms with Crippen LogP contribution in [0.3, 0.4) is 0 Å². The number of urea groups is 2. The lowest BCUT2D eigenvalue weighted by molar-refractivity contribution is -0.119. The molecule has 2 aromatic heterocycles.